The van der Waals surface area contributed by atoms with Crippen LogP contribution in [0.5, 0.6) is 0 Å². The van der Waals surface area contributed by atoms with Gasteiger partial charge in [0.1, 0.15) is 6.04 Å². The van der Waals surface area contributed by atoms with E-state index in [0.717, 1.165) is 27.9 Å². The van der Waals surface area contributed by atoms with Crippen LogP contribution in [0.4, 0.5) is 13.9 Å². The predicted molar refractivity (Wildman–Crippen MR) is 124 cm³/mol. The fourth-order valence-electron chi connectivity index (χ4n) is 4.05. The standard InChI is InChI=1S/C22H21F2N7O3S/c1-12-26-19(34-29-12)17-28-20-16(21(33)31(17)11-15(23)24)27-22(35-20)30-9-5-8-14(30)18(32)25-10-13-6-3-2-4-7-13/h2-4,6-7,14-15H,5,8-11H2,1H3,(H,25,32). The Labute approximate surface area is 201 Å². The third-order valence-electron chi connectivity index (χ3n) is 5.66. The van der Waals surface area contributed by atoms with E-state index in [1.807, 2.05) is 35.2 Å². The van der Waals surface area contributed by atoms with Gasteiger partial charge in [-0.05, 0) is 25.3 Å². The molecule has 5 rings (SSSR count). The van der Waals surface area contributed by atoms with E-state index in [4.69, 9.17) is 4.52 Å². The van der Waals surface area contributed by atoms with Crippen LogP contribution in [-0.4, -0.2) is 49.6 Å². The lowest BCUT2D eigenvalue weighted by atomic mass is 10.2. The van der Waals surface area contributed by atoms with E-state index in [0.29, 0.717) is 24.6 Å². The zero-order valence-electron chi connectivity index (χ0n) is 18.6. The lowest BCUT2D eigenvalue weighted by Gasteiger charge is -2.23. The van der Waals surface area contributed by atoms with Gasteiger partial charge in [-0.1, -0.05) is 46.8 Å². The molecular formula is C22H21F2N7O3S. The molecule has 0 bridgehead atoms. The first kappa shape index (κ1) is 23.0. The molecule has 1 atom stereocenters. The number of rotatable bonds is 7. The largest absolute Gasteiger partial charge is 0.350 e. The van der Waals surface area contributed by atoms with Crippen molar-refractivity contribution in [1.82, 2.24) is 30.0 Å². The monoisotopic (exact) mass is 501 g/mol. The molecule has 0 spiro atoms. The number of carbonyl (C=O) groups is 1. The predicted octanol–water partition coefficient (Wildman–Crippen LogP) is 2.76. The number of fused-ring (bicyclic) bond motifs is 1. The second kappa shape index (κ2) is 9.49. The van der Waals surface area contributed by atoms with Crippen LogP contribution in [0, 0.1) is 6.92 Å². The van der Waals surface area contributed by atoms with Crippen LogP contribution in [0.3, 0.4) is 0 Å². The fraction of sp³-hybridized carbons (Fsp3) is 0.364. The molecule has 0 aliphatic carbocycles. The van der Waals surface area contributed by atoms with Crippen molar-refractivity contribution in [3.63, 3.8) is 0 Å². The Bertz CT molecular complexity index is 1420. The summed E-state index contributed by atoms with van der Waals surface area (Å²) in [6.45, 7) is 1.66. The molecule has 10 nitrogen and oxygen atoms in total. The quantitative estimate of drug-likeness (QED) is 0.411. The summed E-state index contributed by atoms with van der Waals surface area (Å²) in [6.07, 6.45) is -1.40. The van der Waals surface area contributed by atoms with E-state index in [1.54, 1.807) is 6.92 Å². The molecule has 4 aromatic rings. The van der Waals surface area contributed by atoms with Crippen molar-refractivity contribution in [3.05, 3.63) is 52.1 Å². The summed E-state index contributed by atoms with van der Waals surface area (Å²) in [5.74, 6) is -0.131. The van der Waals surface area contributed by atoms with Gasteiger partial charge in [-0.3, -0.25) is 14.2 Å². The Hall–Kier alpha value is -3.74. The molecule has 182 valence electrons. The number of nitrogens with one attached hydrogen (secondary N) is 1. The van der Waals surface area contributed by atoms with Gasteiger partial charge in [0.05, 0.1) is 6.54 Å². The summed E-state index contributed by atoms with van der Waals surface area (Å²) in [7, 11) is 0. The molecule has 1 unspecified atom stereocenters. The Morgan fingerprint density at radius 1 is 1.26 bits per heavy atom. The number of aromatic nitrogens is 5. The molecule has 13 heteroatoms. The average molecular weight is 502 g/mol. The molecule has 1 N–H and O–H groups in total. The van der Waals surface area contributed by atoms with Crippen molar-refractivity contribution < 1.29 is 18.1 Å². The minimum atomic E-state index is -2.80. The smallest absolute Gasteiger partial charge is 0.294 e. The first-order valence-corrected chi connectivity index (χ1v) is 11.8. The zero-order valence-corrected chi connectivity index (χ0v) is 19.5. The Morgan fingerprint density at radius 3 is 2.77 bits per heavy atom. The lowest BCUT2D eigenvalue weighted by molar-refractivity contribution is -0.122. The Morgan fingerprint density at radius 2 is 2.06 bits per heavy atom. The second-order valence-electron chi connectivity index (χ2n) is 8.09. The summed E-state index contributed by atoms with van der Waals surface area (Å²) in [6, 6.07) is 9.12. The minimum absolute atomic E-state index is 0.0408. The van der Waals surface area contributed by atoms with Gasteiger partial charge in [0.25, 0.3) is 17.9 Å². The van der Waals surface area contributed by atoms with E-state index in [1.165, 1.54) is 0 Å². The third-order valence-corrected chi connectivity index (χ3v) is 6.65. The highest BCUT2D eigenvalue weighted by Crippen LogP contribution is 2.32. The maximum absolute atomic E-state index is 13.3. The van der Waals surface area contributed by atoms with Crippen molar-refractivity contribution >= 4 is 32.7 Å². The highest BCUT2D eigenvalue weighted by molar-refractivity contribution is 7.21. The number of thiazole rings is 1. The summed E-state index contributed by atoms with van der Waals surface area (Å²) >= 11 is 1.12. The molecular weight excluding hydrogens is 480 g/mol. The Kier molecular flexibility index (Phi) is 6.24. The number of benzene rings is 1. The second-order valence-corrected chi connectivity index (χ2v) is 9.05. The SMILES string of the molecule is Cc1noc(-c2nc3sc(N4CCCC4C(=O)NCc4ccccc4)nc3c(=O)n2CC(F)F)n1. The first-order valence-electron chi connectivity index (χ1n) is 11.0. The van der Waals surface area contributed by atoms with Crippen molar-refractivity contribution in [1.29, 1.82) is 0 Å². The number of hydrogen-bond donors (Lipinski definition) is 1. The topological polar surface area (TPSA) is 119 Å². The molecule has 1 amide bonds. The third kappa shape index (κ3) is 4.63. The van der Waals surface area contributed by atoms with Gasteiger partial charge in [0.2, 0.25) is 11.7 Å². The van der Waals surface area contributed by atoms with Crippen LogP contribution in [0.25, 0.3) is 22.1 Å². The molecule has 0 saturated carbocycles. The van der Waals surface area contributed by atoms with Gasteiger partial charge in [-0.15, -0.1) is 0 Å². The van der Waals surface area contributed by atoms with Crippen LogP contribution in [0.2, 0.25) is 0 Å². The van der Waals surface area contributed by atoms with Gasteiger partial charge >= 0.3 is 0 Å². The highest BCUT2D eigenvalue weighted by atomic mass is 32.1. The van der Waals surface area contributed by atoms with Crippen LogP contribution < -0.4 is 15.8 Å². The van der Waals surface area contributed by atoms with Crippen molar-refractivity contribution in [3.8, 4) is 11.7 Å². The number of nitrogens with zero attached hydrogens (tertiary/aromatic N) is 6. The number of alkyl halides is 2. The summed E-state index contributed by atoms with van der Waals surface area (Å²) < 4.78 is 32.4. The van der Waals surface area contributed by atoms with E-state index in [-0.39, 0.29) is 33.8 Å². The van der Waals surface area contributed by atoms with E-state index in [9.17, 15) is 18.4 Å². The average Bonchev–Trinajstić information content (AvgIpc) is 3.59. The van der Waals surface area contributed by atoms with Crippen LogP contribution in [-0.2, 0) is 17.9 Å². The molecule has 0 radical (unpaired) electrons. The van der Waals surface area contributed by atoms with Gasteiger partial charge < -0.3 is 14.7 Å². The van der Waals surface area contributed by atoms with Gasteiger partial charge in [-0.2, -0.15) is 4.98 Å². The van der Waals surface area contributed by atoms with Crippen LogP contribution >= 0.6 is 11.3 Å². The van der Waals surface area contributed by atoms with Crippen molar-refractivity contribution in [2.24, 2.45) is 0 Å². The molecule has 1 saturated heterocycles. The van der Waals surface area contributed by atoms with E-state index in [2.05, 4.69) is 25.4 Å². The maximum atomic E-state index is 13.3. The summed E-state index contributed by atoms with van der Waals surface area (Å²) in [5.41, 5.74) is 0.215. The van der Waals surface area contributed by atoms with Crippen LogP contribution in [0.1, 0.15) is 24.2 Å². The molecule has 1 aromatic carbocycles. The number of amides is 1. The molecule has 1 fully saturated rings. The first-order chi connectivity index (χ1) is 16.9. The zero-order chi connectivity index (χ0) is 24.5. The number of halogens is 2. The summed E-state index contributed by atoms with van der Waals surface area (Å²) in [4.78, 5) is 40.9. The van der Waals surface area contributed by atoms with E-state index < -0.39 is 24.6 Å². The molecule has 35 heavy (non-hydrogen) atoms. The highest BCUT2D eigenvalue weighted by Gasteiger charge is 2.33. The van der Waals surface area contributed by atoms with Gasteiger partial charge in [0.15, 0.2) is 21.3 Å². The summed E-state index contributed by atoms with van der Waals surface area (Å²) in [5, 5.41) is 7.05. The molecule has 1 aliphatic rings. The van der Waals surface area contributed by atoms with Gasteiger partial charge in [-0.25, -0.2) is 18.7 Å². The lowest BCUT2D eigenvalue weighted by Crippen LogP contribution is -2.43. The number of hydrogen-bond acceptors (Lipinski definition) is 9. The molecule has 1 aliphatic heterocycles. The van der Waals surface area contributed by atoms with Crippen LogP contribution in [0.15, 0.2) is 39.6 Å². The molecule has 3 aromatic heterocycles. The molecule has 4 heterocycles. The Balaban J connectivity index is 1.47. The van der Waals surface area contributed by atoms with Crippen molar-refractivity contribution in [2.75, 3.05) is 11.4 Å². The number of anilines is 1. The van der Waals surface area contributed by atoms with E-state index >= 15 is 0 Å². The number of carbonyl (C=O) groups excluding carboxylic acids is 1. The van der Waals surface area contributed by atoms with Crippen molar-refractivity contribution in [2.45, 2.75) is 45.3 Å². The van der Waals surface area contributed by atoms with Gasteiger partial charge in [0, 0.05) is 13.1 Å². The minimum Gasteiger partial charge on any atom is -0.350 e. The normalized spacial score (nSPS) is 15.9. The maximum Gasteiger partial charge on any atom is 0.294 e. The fourth-order valence-corrected chi connectivity index (χ4v) is 5.06. The number of aryl methyl sites for hydroxylation is 1.